The molecular formula is C19H21N3O4S2. The van der Waals surface area contributed by atoms with Crippen LogP contribution in [-0.2, 0) is 16.1 Å². The lowest BCUT2D eigenvalue weighted by Gasteiger charge is -2.17. The summed E-state index contributed by atoms with van der Waals surface area (Å²) < 4.78 is 10.5. The van der Waals surface area contributed by atoms with Crippen molar-refractivity contribution in [3.63, 3.8) is 0 Å². The Bertz CT molecular complexity index is 997. The van der Waals surface area contributed by atoms with Gasteiger partial charge < -0.3 is 14.6 Å². The molecule has 0 spiro atoms. The smallest absolute Gasteiger partial charge is 0.341 e. The molecule has 3 heterocycles. The van der Waals surface area contributed by atoms with E-state index in [-0.39, 0.29) is 18.4 Å². The molecule has 3 rings (SSSR count). The fraction of sp³-hybridized carbons (Fsp3) is 0.368. The number of rotatable bonds is 5. The predicted molar refractivity (Wildman–Crippen MR) is 109 cm³/mol. The first-order chi connectivity index (χ1) is 13.2. The molecule has 0 aliphatic heterocycles. The number of aromatic nitrogens is 2. The van der Waals surface area contributed by atoms with Crippen LogP contribution in [0.25, 0.3) is 11.4 Å². The summed E-state index contributed by atoms with van der Waals surface area (Å²) in [7, 11) is 0. The van der Waals surface area contributed by atoms with Gasteiger partial charge in [-0.15, -0.1) is 11.3 Å². The van der Waals surface area contributed by atoms with Crippen molar-refractivity contribution in [2.24, 2.45) is 5.41 Å². The maximum atomic E-state index is 12.7. The molecule has 7 nitrogen and oxygen atoms in total. The number of aryl methyl sites for hydroxylation is 1. The molecule has 28 heavy (non-hydrogen) atoms. The second-order valence-electron chi connectivity index (χ2n) is 7.29. The third-order valence-electron chi connectivity index (χ3n) is 4.07. The second kappa shape index (κ2) is 7.84. The zero-order valence-electron chi connectivity index (χ0n) is 16.3. The maximum absolute atomic E-state index is 12.7. The Morgan fingerprint density at radius 3 is 2.68 bits per heavy atom. The Hall–Kier alpha value is -2.52. The molecule has 148 valence electrons. The van der Waals surface area contributed by atoms with E-state index in [4.69, 9.17) is 9.26 Å². The van der Waals surface area contributed by atoms with Crippen LogP contribution >= 0.6 is 22.7 Å². The number of hydrogen-bond acceptors (Lipinski definition) is 8. The van der Waals surface area contributed by atoms with Crippen molar-refractivity contribution >= 4 is 39.6 Å². The van der Waals surface area contributed by atoms with Crippen molar-refractivity contribution in [1.29, 1.82) is 0 Å². The van der Waals surface area contributed by atoms with Crippen LogP contribution in [-0.4, -0.2) is 22.0 Å². The topological polar surface area (TPSA) is 94.3 Å². The van der Waals surface area contributed by atoms with Gasteiger partial charge in [-0.2, -0.15) is 16.3 Å². The molecule has 0 radical (unpaired) electrons. The Labute approximate surface area is 170 Å². The number of carbonyl (C=O) groups excluding carboxylic acids is 2. The highest BCUT2D eigenvalue weighted by molar-refractivity contribution is 7.16. The molecule has 0 fully saturated rings. The molecular weight excluding hydrogens is 398 g/mol. The van der Waals surface area contributed by atoms with Crippen LogP contribution in [0, 0.1) is 19.3 Å². The first kappa shape index (κ1) is 20.2. The molecule has 0 atom stereocenters. The molecule has 0 aromatic carbocycles. The largest absolute Gasteiger partial charge is 0.452 e. The van der Waals surface area contributed by atoms with Gasteiger partial charge in [-0.1, -0.05) is 25.9 Å². The quantitative estimate of drug-likeness (QED) is 0.596. The monoisotopic (exact) mass is 419 g/mol. The van der Waals surface area contributed by atoms with Crippen molar-refractivity contribution in [2.45, 2.75) is 41.2 Å². The molecule has 0 bridgehead atoms. The molecule has 1 N–H and O–H groups in total. The SMILES string of the molecule is Cc1sc(NC(=O)C(C)(C)C)c(C(=O)OCc2nc(-c3ccsc3)no2)c1C. The highest BCUT2D eigenvalue weighted by Crippen LogP contribution is 2.34. The van der Waals surface area contributed by atoms with Crippen LogP contribution in [0.5, 0.6) is 0 Å². The third kappa shape index (κ3) is 4.31. The van der Waals surface area contributed by atoms with Gasteiger partial charge in [-0.25, -0.2) is 4.79 Å². The van der Waals surface area contributed by atoms with Crippen molar-refractivity contribution in [3.8, 4) is 11.4 Å². The fourth-order valence-corrected chi connectivity index (χ4v) is 3.95. The van der Waals surface area contributed by atoms with Gasteiger partial charge in [0.15, 0.2) is 6.61 Å². The summed E-state index contributed by atoms with van der Waals surface area (Å²) in [5, 5.41) is 11.0. The van der Waals surface area contributed by atoms with Gasteiger partial charge in [0.25, 0.3) is 5.89 Å². The van der Waals surface area contributed by atoms with E-state index in [1.807, 2.05) is 51.4 Å². The van der Waals surface area contributed by atoms with E-state index >= 15 is 0 Å². The van der Waals surface area contributed by atoms with Crippen LogP contribution < -0.4 is 5.32 Å². The minimum absolute atomic E-state index is 0.142. The summed E-state index contributed by atoms with van der Waals surface area (Å²) in [6.07, 6.45) is 0. The highest BCUT2D eigenvalue weighted by Gasteiger charge is 2.27. The van der Waals surface area contributed by atoms with E-state index < -0.39 is 11.4 Å². The number of carbonyl (C=O) groups is 2. The van der Waals surface area contributed by atoms with Gasteiger partial charge in [-0.3, -0.25) is 4.79 Å². The summed E-state index contributed by atoms with van der Waals surface area (Å²) in [6.45, 7) is 9.03. The van der Waals surface area contributed by atoms with E-state index in [0.717, 1.165) is 16.0 Å². The van der Waals surface area contributed by atoms with E-state index in [0.29, 0.717) is 16.4 Å². The first-order valence-electron chi connectivity index (χ1n) is 8.60. The predicted octanol–water partition coefficient (Wildman–Crippen LogP) is 4.82. The van der Waals surface area contributed by atoms with Crippen LogP contribution in [0.3, 0.4) is 0 Å². The highest BCUT2D eigenvalue weighted by atomic mass is 32.1. The van der Waals surface area contributed by atoms with Crippen LogP contribution in [0.1, 0.15) is 47.5 Å². The van der Waals surface area contributed by atoms with Gasteiger partial charge in [-0.05, 0) is 30.9 Å². The minimum atomic E-state index is -0.575. The minimum Gasteiger partial charge on any atom is -0.452 e. The molecule has 3 aromatic heterocycles. The number of amides is 1. The molecule has 1 amide bonds. The summed E-state index contributed by atoms with van der Waals surface area (Å²) >= 11 is 2.89. The molecule has 3 aromatic rings. The maximum Gasteiger partial charge on any atom is 0.341 e. The summed E-state index contributed by atoms with van der Waals surface area (Å²) in [6, 6.07) is 1.88. The molecule has 0 unspecified atom stereocenters. The zero-order valence-corrected chi connectivity index (χ0v) is 17.9. The number of nitrogens with zero attached hydrogens (tertiary/aromatic N) is 2. The molecule has 9 heteroatoms. The van der Waals surface area contributed by atoms with Crippen molar-refractivity contribution < 1.29 is 18.8 Å². The Morgan fingerprint density at radius 2 is 2.04 bits per heavy atom. The summed E-state index contributed by atoms with van der Waals surface area (Å²) in [4.78, 5) is 30.2. The Kier molecular flexibility index (Phi) is 5.66. The third-order valence-corrected chi connectivity index (χ3v) is 5.88. The number of ether oxygens (including phenoxy) is 1. The van der Waals surface area contributed by atoms with Gasteiger partial charge in [0, 0.05) is 21.2 Å². The van der Waals surface area contributed by atoms with Gasteiger partial charge in [0.05, 0.1) is 5.56 Å². The second-order valence-corrected chi connectivity index (χ2v) is 9.30. The van der Waals surface area contributed by atoms with Crippen molar-refractivity contribution in [1.82, 2.24) is 10.1 Å². The Balaban J connectivity index is 1.73. The normalized spacial score (nSPS) is 11.5. The lowest BCUT2D eigenvalue weighted by molar-refractivity contribution is -0.123. The average Bonchev–Trinajstić information content (AvgIpc) is 3.34. The van der Waals surface area contributed by atoms with Crippen LogP contribution in [0.2, 0.25) is 0 Å². The van der Waals surface area contributed by atoms with E-state index in [2.05, 4.69) is 15.5 Å². The van der Waals surface area contributed by atoms with Crippen molar-refractivity contribution in [2.75, 3.05) is 5.32 Å². The summed E-state index contributed by atoms with van der Waals surface area (Å²) in [5.74, 6) is -0.0473. The number of esters is 1. The fourth-order valence-electron chi connectivity index (χ4n) is 2.27. The average molecular weight is 420 g/mol. The zero-order chi connectivity index (χ0) is 20.5. The number of hydrogen-bond donors (Lipinski definition) is 1. The van der Waals surface area contributed by atoms with Crippen LogP contribution in [0.15, 0.2) is 21.3 Å². The molecule has 0 aliphatic carbocycles. The van der Waals surface area contributed by atoms with E-state index in [1.54, 1.807) is 0 Å². The van der Waals surface area contributed by atoms with Gasteiger partial charge in [0.2, 0.25) is 11.7 Å². The van der Waals surface area contributed by atoms with Gasteiger partial charge in [0.1, 0.15) is 5.00 Å². The molecule has 0 saturated heterocycles. The lowest BCUT2D eigenvalue weighted by atomic mass is 9.96. The Morgan fingerprint density at radius 1 is 1.29 bits per heavy atom. The van der Waals surface area contributed by atoms with E-state index in [1.165, 1.54) is 22.7 Å². The van der Waals surface area contributed by atoms with Crippen molar-refractivity contribution in [3.05, 3.63) is 38.7 Å². The van der Waals surface area contributed by atoms with E-state index in [9.17, 15) is 9.59 Å². The number of nitrogens with one attached hydrogen (secondary N) is 1. The van der Waals surface area contributed by atoms with Crippen LogP contribution in [0.4, 0.5) is 5.00 Å². The summed E-state index contributed by atoms with van der Waals surface area (Å²) in [5.41, 5.74) is 1.42. The molecule has 0 aliphatic rings. The molecule has 0 saturated carbocycles. The first-order valence-corrected chi connectivity index (χ1v) is 10.4. The number of thiophene rings is 2. The van der Waals surface area contributed by atoms with Gasteiger partial charge >= 0.3 is 5.97 Å². The standard InChI is InChI=1S/C19H21N3O4S2/c1-10-11(2)28-16(21-18(24)19(3,4)5)14(10)17(23)25-8-13-20-15(22-26-13)12-6-7-27-9-12/h6-7,9H,8H2,1-5H3,(H,21,24). The lowest BCUT2D eigenvalue weighted by Crippen LogP contribution is -2.28. The number of anilines is 1.